The first-order chi connectivity index (χ1) is 15.5. The highest BCUT2D eigenvalue weighted by Gasteiger charge is 2.29. The SMILES string of the molecule is CN(CCCc1nc(N2CCC[C@H]2c2cccc(F)c2)ncc1C(=O)O)c1ccccc1. The van der Waals surface area contributed by atoms with Crippen LogP contribution in [0.2, 0.25) is 0 Å². The third-order valence-electron chi connectivity index (χ3n) is 5.93. The average molecular weight is 435 g/mol. The Labute approximate surface area is 187 Å². The number of para-hydroxylation sites is 1. The van der Waals surface area contributed by atoms with Crippen LogP contribution >= 0.6 is 0 Å². The lowest BCUT2D eigenvalue weighted by atomic mass is 10.0. The smallest absolute Gasteiger partial charge is 0.339 e. The number of carbonyl (C=O) groups is 1. The number of aromatic carboxylic acids is 1. The van der Waals surface area contributed by atoms with Crippen molar-refractivity contribution in [2.24, 2.45) is 0 Å². The Kier molecular flexibility index (Phi) is 6.63. The number of benzene rings is 2. The number of anilines is 2. The first-order valence-corrected chi connectivity index (χ1v) is 10.9. The van der Waals surface area contributed by atoms with Crippen LogP contribution in [0.15, 0.2) is 60.8 Å². The van der Waals surface area contributed by atoms with Crippen LogP contribution in [0.1, 0.15) is 46.9 Å². The molecule has 2 heterocycles. The van der Waals surface area contributed by atoms with Gasteiger partial charge in [0.05, 0.1) is 17.3 Å². The van der Waals surface area contributed by atoms with Crippen molar-refractivity contribution in [2.45, 2.75) is 31.7 Å². The number of rotatable bonds is 8. The lowest BCUT2D eigenvalue weighted by molar-refractivity contribution is 0.0694. The summed E-state index contributed by atoms with van der Waals surface area (Å²) >= 11 is 0. The molecule has 0 amide bonds. The van der Waals surface area contributed by atoms with Crippen LogP contribution in [0.4, 0.5) is 16.0 Å². The number of carboxylic acid groups (broad SMARTS) is 1. The maximum Gasteiger partial charge on any atom is 0.339 e. The summed E-state index contributed by atoms with van der Waals surface area (Å²) in [6, 6.07) is 16.7. The van der Waals surface area contributed by atoms with Gasteiger partial charge in [0.2, 0.25) is 5.95 Å². The average Bonchev–Trinajstić information content (AvgIpc) is 3.29. The summed E-state index contributed by atoms with van der Waals surface area (Å²) in [6.45, 7) is 1.53. The molecule has 0 saturated carbocycles. The van der Waals surface area contributed by atoms with Crippen LogP contribution in [0.25, 0.3) is 0 Å². The zero-order valence-corrected chi connectivity index (χ0v) is 18.1. The van der Waals surface area contributed by atoms with E-state index in [2.05, 4.69) is 19.8 Å². The van der Waals surface area contributed by atoms with Gasteiger partial charge in [0.1, 0.15) is 5.82 Å². The van der Waals surface area contributed by atoms with Crippen molar-refractivity contribution in [3.63, 3.8) is 0 Å². The van der Waals surface area contributed by atoms with Gasteiger partial charge in [-0.05, 0) is 55.5 Å². The molecule has 166 valence electrons. The van der Waals surface area contributed by atoms with Crippen LogP contribution in [0, 0.1) is 5.82 Å². The summed E-state index contributed by atoms with van der Waals surface area (Å²) in [5, 5.41) is 9.62. The van der Waals surface area contributed by atoms with E-state index in [1.807, 2.05) is 43.4 Å². The van der Waals surface area contributed by atoms with Gasteiger partial charge in [-0.2, -0.15) is 0 Å². The lowest BCUT2D eigenvalue weighted by Gasteiger charge is -2.26. The molecule has 6 nitrogen and oxygen atoms in total. The second kappa shape index (κ2) is 9.77. The minimum absolute atomic E-state index is 0.0153. The molecule has 1 fully saturated rings. The molecule has 4 rings (SSSR count). The van der Waals surface area contributed by atoms with Crippen LogP contribution in [-0.2, 0) is 6.42 Å². The Bertz CT molecular complexity index is 1080. The van der Waals surface area contributed by atoms with Gasteiger partial charge in [-0.3, -0.25) is 0 Å². The van der Waals surface area contributed by atoms with Gasteiger partial charge in [0.15, 0.2) is 0 Å². The Morgan fingerprint density at radius 2 is 2.03 bits per heavy atom. The quantitative estimate of drug-likeness (QED) is 0.553. The van der Waals surface area contributed by atoms with E-state index in [-0.39, 0.29) is 17.4 Å². The molecule has 0 spiro atoms. The van der Waals surface area contributed by atoms with Crippen molar-refractivity contribution >= 4 is 17.6 Å². The molecule has 1 aliphatic rings. The molecule has 3 aromatic rings. The summed E-state index contributed by atoms with van der Waals surface area (Å²) in [6.07, 6.45) is 4.53. The third-order valence-corrected chi connectivity index (χ3v) is 5.93. The van der Waals surface area contributed by atoms with E-state index in [4.69, 9.17) is 0 Å². The van der Waals surface area contributed by atoms with Gasteiger partial charge in [-0.1, -0.05) is 30.3 Å². The molecule has 0 aliphatic carbocycles. The number of aromatic nitrogens is 2. The van der Waals surface area contributed by atoms with Crippen LogP contribution in [-0.4, -0.2) is 41.2 Å². The maximum atomic E-state index is 13.8. The molecule has 1 saturated heterocycles. The van der Waals surface area contributed by atoms with Gasteiger partial charge in [-0.15, -0.1) is 0 Å². The van der Waals surface area contributed by atoms with Gasteiger partial charge in [-0.25, -0.2) is 19.2 Å². The fourth-order valence-electron chi connectivity index (χ4n) is 4.28. The summed E-state index contributed by atoms with van der Waals surface area (Å²) in [5.74, 6) is -0.779. The zero-order chi connectivity index (χ0) is 22.5. The van der Waals surface area contributed by atoms with E-state index in [0.29, 0.717) is 18.1 Å². The van der Waals surface area contributed by atoms with E-state index in [1.165, 1.54) is 12.3 Å². The first-order valence-electron chi connectivity index (χ1n) is 10.9. The number of nitrogens with zero attached hydrogens (tertiary/aromatic N) is 4. The van der Waals surface area contributed by atoms with Crippen LogP contribution < -0.4 is 9.80 Å². The zero-order valence-electron chi connectivity index (χ0n) is 18.1. The topological polar surface area (TPSA) is 69.6 Å². The molecule has 1 N–H and O–H groups in total. The molecule has 1 atom stereocenters. The van der Waals surface area contributed by atoms with Gasteiger partial charge < -0.3 is 14.9 Å². The van der Waals surface area contributed by atoms with Crippen molar-refractivity contribution in [3.05, 3.63) is 83.4 Å². The summed E-state index contributed by atoms with van der Waals surface area (Å²) in [4.78, 5) is 25.0. The lowest BCUT2D eigenvalue weighted by Crippen LogP contribution is -2.26. The highest BCUT2D eigenvalue weighted by atomic mass is 19.1. The first kappa shape index (κ1) is 21.7. The molecule has 1 aliphatic heterocycles. The van der Waals surface area contributed by atoms with Crippen LogP contribution in [0.5, 0.6) is 0 Å². The van der Waals surface area contributed by atoms with E-state index in [0.717, 1.165) is 43.6 Å². The van der Waals surface area contributed by atoms with Gasteiger partial charge >= 0.3 is 5.97 Å². The van der Waals surface area contributed by atoms with E-state index in [9.17, 15) is 14.3 Å². The third kappa shape index (κ3) is 4.88. The second-order valence-electron chi connectivity index (χ2n) is 8.10. The molecule has 7 heteroatoms. The van der Waals surface area contributed by atoms with E-state index >= 15 is 0 Å². The molecule has 32 heavy (non-hydrogen) atoms. The Balaban J connectivity index is 1.52. The van der Waals surface area contributed by atoms with Crippen molar-refractivity contribution in [1.29, 1.82) is 0 Å². The number of hydrogen-bond donors (Lipinski definition) is 1. The molecule has 0 unspecified atom stereocenters. The Morgan fingerprint density at radius 1 is 1.22 bits per heavy atom. The van der Waals surface area contributed by atoms with E-state index in [1.54, 1.807) is 12.1 Å². The second-order valence-corrected chi connectivity index (χ2v) is 8.10. The van der Waals surface area contributed by atoms with Gasteiger partial charge in [0.25, 0.3) is 0 Å². The molecule has 0 bridgehead atoms. The maximum absolute atomic E-state index is 13.8. The van der Waals surface area contributed by atoms with Crippen LogP contribution in [0.3, 0.4) is 0 Å². The van der Waals surface area contributed by atoms with Crippen molar-refractivity contribution in [2.75, 3.05) is 29.9 Å². The highest BCUT2D eigenvalue weighted by Crippen LogP contribution is 2.35. The molecule has 1 aromatic heterocycles. The Hall–Kier alpha value is -3.48. The summed E-state index contributed by atoms with van der Waals surface area (Å²) in [5.41, 5.74) is 2.68. The summed E-state index contributed by atoms with van der Waals surface area (Å²) in [7, 11) is 2.02. The number of aryl methyl sites for hydroxylation is 1. The molecular weight excluding hydrogens is 407 g/mol. The largest absolute Gasteiger partial charge is 0.478 e. The minimum atomic E-state index is -1.02. The monoisotopic (exact) mass is 434 g/mol. The number of hydrogen-bond acceptors (Lipinski definition) is 5. The minimum Gasteiger partial charge on any atom is -0.478 e. The Morgan fingerprint density at radius 3 is 2.78 bits per heavy atom. The fourth-order valence-corrected chi connectivity index (χ4v) is 4.28. The predicted molar refractivity (Wildman–Crippen MR) is 123 cm³/mol. The number of halogens is 1. The van der Waals surface area contributed by atoms with Crippen molar-refractivity contribution in [3.8, 4) is 0 Å². The summed E-state index contributed by atoms with van der Waals surface area (Å²) < 4.78 is 13.8. The number of carboxylic acids is 1. The van der Waals surface area contributed by atoms with Crippen molar-refractivity contribution < 1.29 is 14.3 Å². The molecular formula is C25H27FN4O2. The molecule has 0 radical (unpaired) electrons. The highest BCUT2D eigenvalue weighted by molar-refractivity contribution is 5.88. The standard InChI is InChI=1S/C25H27FN4O2/c1-29(20-10-3-2-4-11-20)14-6-12-22-21(24(31)32)17-27-25(28-22)30-15-7-13-23(30)18-8-5-9-19(26)16-18/h2-5,8-11,16-17,23H,6-7,12-15H2,1H3,(H,31,32)/t23-/m0/s1. The van der Waals surface area contributed by atoms with Gasteiger partial charge in [0, 0.05) is 32.0 Å². The fraction of sp³-hybridized carbons (Fsp3) is 0.320. The predicted octanol–water partition coefficient (Wildman–Crippen LogP) is 4.72. The molecule has 2 aromatic carbocycles. The normalized spacial score (nSPS) is 15.7. The van der Waals surface area contributed by atoms with Crippen molar-refractivity contribution in [1.82, 2.24) is 9.97 Å². The van der Waals surface area contributed by atoms with E-state index < -0.39 is 5.97 Å².